The molecule has 0 heterocycles. The number of hydrogen-bond donors (Lipinski definition) is 3. The SMILES string of the molecule is CC(O)C(=O)O.O=P([O-])([O-])O.[Ca+2]. The minimum atomic E-state index is -5.14. The normalized spacial score (nSPS) is 11.8. The molecule has 0 radical (unpaired) electrons. The Morgan fingerprint density at radius 2 is 1.58 bits per heavy atom. The molecule has 0 saturated heterocycles. The minimum absolute atomic E-state index is 0. The van der Waals surface area contributed by atoms with E-state index in [-0.39, 0.29) is 37.7 Å². The van der Waals surface area contributed by atoms with E-state index in [1.54, 1.807) is 0 Å². The second-order valence-corrected chi connectivity index (χ2v) is 2.42. The first-order valence-electron chi connectivity index (χ1n) is 2.30. The Kier molecular flexibility index (Phi) is 13.0. The summed E-state index contributed by atoms with van der Waals surface area (Å²) in [6.07, 6.45) is -1.23. The van der Waals surface area contributed by atoms with Crippen molar-refractivity contribution >= 4 is 51.5 Å². The maximum atomic E-state index is 9.45. The van der Waals surface area contributed by atoms with Crippen LogP contribution in [0.5, 0.6) is 0 Å². The molecule has 1 unspecified atom stereocenters. The first-order valence-corrected chi connectivity index (χ1v) is 3.80. The van der Waals surface area contributed by atoms with Crippen LogP contribution < -0.4 is 9.79 Å². The second-order valence-electron chi connectivity index (χ2n) is 1.48. The molecule has 0 aromatic carbocycles. The van der Waals surface area contributed by atoms with Crippen molar-refractivity contribution in [3.8, 4) is 0 Å². The fourth-order valence-electron chi connectivity index (χ4n) is 0. The van der Waals surface area contributed by atoms with E-state index in [2.05, 4.69) is 0 Å². The van der Waals surface area contributed by atoms with E-state index in [0.717, 1.165) is 0 Å². The van der Waals surface area contributed by atoms with E-state index in [1.807, 2.05) is 0 Å². The fourth-order valence-corrected chi connectivity index (χ4v) is 0. The molecule has 0 aliphatic carbocycles. The van der Waals surface area contributed by atoms with Crippen molar-refractivity contribution in [3.05, 3.63) is 0 Å². The number of rotatable bonds is 1. The van der Waals surface area contributed by atoms with Crippen LogP contribution in [0.2, 0.25) is 0 Å². The number of carboxylic acids is 1. The molecule has 3 N–H and O–H groups in total. The molecule has 0 aliphatic rings. The van der Waals surface area contributed by atoms with Crippen LogP contribution in [0.15, 0.2) is 0 Å². The Bertz CT molecular complexity index is 154. The monoisotopic (exact) mass is 226 g/mol. The first-order chi connectivity index (χ1) is 4.64. The summed E-state index contributed by atoms with van der Waals surface area (Å²) in [5.74, 6) is -1.19. The maximum Gasteiger partial charge on any atom is 2.00 e. The van der Waals surface area contributed by atoms with Gasteiger partial charge in [0.25, 0.3) is 0 Å². The molecular weight excluding hydrogens is 219 g/mol. The van der Waals surface area contributed by atoms with Gasteiger partial charge in [-0.15, -0.1) is 0 Å². The number of carboxylic acid groups (broad SMARTS) is 1. The Labute approximate surface area is 98.3 Å². The molecule has 0 aliphatic heterocycles. The topological polar surface area (TPSA) is 141 Å². The summed E-state index contributed by atoms with van der Waals surface area (Å²) in [5, 5.41) is 15.8. The van der Waals surface area contributed by atoms with Gasteiger partial charge in [-0.2, -0.15) is 0 Å². The molecule has 0 bridgehead atoms. The number of phosphoric acid groups is 1. The number of hydrogen-bond acceptors (Lipinski definition) is 5. The summed E-state index contributed by atoms with van der Waals surface area (Å²) >= 11 is 0. The first kappa shape index (κ1) is 18.6. The molecule has 0 saturated carbocycles. The van der Waals surface area contributed by atoms with Gasteiger partial charge in [0.1, 0.15) is 6.10 Å². The summed E-state index contributed by atoms with van der Waals surface area (Å²) < 4.78 is 8.66. The molecule has 0 rings (SSSR count). The van der Waals surface area contributed by atoms with Gasteiger partial charge >= 0.3 is 43.7 Å². The van der Waals surface area contributed by atoms with Crippen LogP contribution in [0, 0.1) is 0 Å². The second kappa shape index (κ2) is 8.40. The van der Waals surface area contributed by atoms with Crippen LogP contribution in [0.3, 0.4) is 0 Å². The Balaban J connectivity index is -0.000000126. The van der Waals surface area contributed by atoms with E-state index in [9.17, 15) is 4.79 Å². The van der Waals surface area contributed by atoms with Gasteiger partial charge in [0.15, 0.2) is 0 Å². The predicted octanol–water partition coefficient (Wildman–Crippen LogP) is -3.12. The van der Waals surface area contributed by atoms with Gasteiger partial charge in [0.2, 0.25) is 0 Å². The third kappa shape index (κ3) is 45.0. The summed E-state index contributed by atoms with van der Waals surface area (Å²) in [7, 11) is -5.14. The van der Waals surface area contributed by atoms with Crippen molar-refractivity contribution in [2.24, 2.45) is 0 Å². The molecule has 1 atom stereocenters. The number of carbonyl (C=O) groups is 1. The van der Waals surface area contributed by atoms with Crippen molar-refractivity contribution in [1.29, 1.82) is 0 Å². The molecule has 0 fully saturated rings. The van der Waals surface area contributed by atoms with Gasteiger partial charge in [-0.05, 0) is 6.92 Å². The van der Waals surface area contributed by atoms with Gasteiger partial charge in [0.05, 0.1) is 7.82 Å². The Morgan fingerprint density at radius 1 is 1.50 bits per heavy atom. The van der Waals surface area contributed by atoms with E-state index in [1.165, 1.54) is 6.92 Å². The van der Waals surface area contributed by atoms with Gasteiger partial charge < -0.3 is 29.5 Å². The van der Waals surface area contributed by atoms with E-state index in [4.69, 9.17) is 29.5 Å². The van der Waals surface area contributed by atoms with Crippen LogP contribution in [0.1, 0.15) is 6.92 Å². The van der Waals surface area contributed by atoms with Crippen molar-refractivity contribution in [3.63, 3.8) is 0 Å². The average molecular weight is 226 g/mol. The number of aliphatic hydroxyl groups is 1. The molecule has 0 spiro atoms. The van der Waals surface area contributed by atoms with Gasteiger partial charge in [-0.25, -0.2) is 4.79 Å². The van der Waals surface area contributed by atoms with Crippen LogP contribution in [-0.4, -0.2) is 64.9 Å². The van der Waals surface area contributed by atoms with Gasteiger partial charge in [-0.1, -0.05) is 0 Å². The molecule has 7 nitrogen and oxygen atoms in total. The smallest absolute Gasteiger partial charge is 0.790 e. The molecule has 0 aromatic rings. The van der Waals surface area contributed by atoms with E-state index in [0.29, 0.717) is 0 Å². The Morgan fingerprint density at radius 3 is 1.58 bits per heavy atom. The minimum Gasteiger partial charge on any atom is -0.790 e. The van der Waals surface area contributed by atoms with Crippen LogP contribution in [-0.2, 0) is 9.36 Å². The zero-order valence-corrected chi connectivity index (χ0v) is 9.31. The summed E-state index contributed by atoms with van der Waals surface area (Å²) in [4.78, 5) is 33.7. The Hall–Kier alpha value is 0.800. The van der Waals surface area contributed by atoms with Crippen molar-refractivity contribution in [1.82, 2.24) is 0 Å². The van der Waals surface area contributed by atoms with Crippen molar-refractivity contribution < 1.29 is 34.3 Å². The molecular formula is C3H7CaO7P. The van der Waals surface area contributed by atoms with Crippen LogP contribution >= 0.6 is 7.82 Å². The zero-order chi connectivity index (χ0) is 9.65. The van der Waals surface area contributed by atoms with Gasteiger partial charge in [-0.3, -0.25) is 0 Å². The number of aliphatic carboxylic acids is 1. The van der Waals surface area contributed by atoms with Crippen molar-refractivity contribution in [2.75, 3.05) is 0 Å². The summed E-state index contributed by atoms with van der Waals surface area (Å²) in [6.45, 7) is 1.20. The van der Waals surface area contributed by atoms with Gasteiger partial charge in [0, 0.05) is 0 Å². The standard InChI is InChI=1S/C3H6O3.Ca.H3O4P/c1-2(4)3(5)6;;1-5(2,3)4/h2,4H,1H3,(H,5,6);;(H3,1,2,3,4)/q;+2;/p-2. The number of aliphatic hydroxyl groups excluding tert-OH is 1. The summed E-state index contributed by atoms with van der Waals surface area (Å²) in [6, 6.07) is 0. The predicted molar refractivity (Wildman–Crippen MR) is 34.9 cm³/mol. The third-order valence-corrected chi connectivity index (χ3v) is 0.357. The van der Waals surface area contributed by atoms with E-state index >= 15 is 0 Å². The summed E-state index contributed by atoms with van der Waals surface area (Å²) in [5.41, 5.74) is 0. The molecule has 0 amide bonds. The zero-order valence-electron chi connectivity index (χ0n) is 6.21. The molecule has 12 heavy (non-hydrogen) atoms. The largest absolute Gasteiger partial charge is 2.00 e. The maximum absolute atomic E-state index is 9.45. The van der Waals surface area contributed by atoms with Crippen LogP contribution in [0.4, 0.5) is 0 Å². The van der Waals surface area contributed by atoms with Crippen molar-refractivity contribution in [2.45, 2.75) is 13.0 Å². The quantitative estimate of drug-likeness (QED) is 0.317. The van der Waals surface area contributed by atoms with E-state index < -0.39 is 19.9 Å². The molecule has 0 aromatic heterocycles. The van der Waals surface area contributed by atoms with Crippen LogP contribution in [0.25, 0.3) is 0 Å². The fraction of sp³-hybridized carbons (Fsp3) is 0.667. The average Bonchev–Trinajstić information content (AvgIpc) is 1.59. The molecule has 9 heteroatoms. The molecule has 68 valence electrons. The third-order valence-electron chi connectivity index (χ3n) is 0.357.